The topological polar surface area (TPSA) is 90.9 Å². The van der Waals surface area contributed by atoms with E-state index in [2.05, 4.69) is 15.9 Å². The molecule has 1 N–H and O–H groups in total. The summed E-state index contributed by atoms with van der Waals surface area (Å²) in [7, 11) is -0.231. The smallest absolute Gasteiger partial charge is 0.267 e. The van der Waals surface area contributed by atoms with Crippen LogP contribution in [0.5, 0.6) is 17.2 Å². The first-order valence-corrected chi connectivity index (χ1v) is 9.33. The number of carbonyl (C=O) groups is 1. The van der Waals surface area contributed by atoms with Crippen LogP contribution in [0.15, 0.2) is 39.7 Å². The standard InChI is InChI=1S/C16H15BrFNO6S/c1-23-9-4-5-10(12(18)6-9)16(20)19-26(21,22)15-8-14(25-3)13(24-2)7-11(15)17/h4-8H,1-3H3,(H,19,20). The van der Waals surface area contributed by atoms with E-state index in [0.717, 1.165) is 12.1 Å². The zero-order chi connectivity index (χ0) is 19.5. The van der Waals surface area contributed by atoms with Gasteiger partial charge >= 0.3 is 0 Å². The summed E-state index contributed by atoms with van der Waals surface area (Å²) in [6.45, 7) is 0. The quantitative estimate of drug-likeness (QED) is 0.731. The van der Waals surface area contributed by atoms with E-state index < -0.39 is 27.3 Å². The van der Waals surface area contributed by atoms with Crippen LogP contribution in [0.2, 0.25) is 0 Å². The van der Waals surface area contributed by atoms with E-state index in [4.69, 9.17) is 14.2 Å². The van der Waals surface area contributed by atoms with Crippen molar-refractivity contribution in [3.63, 3.8) is 0 Å². The molecule has 2 rings (SSSR count). The normalized spacial score (nSPS) is 11.0. The molecule has 0 aliphatic heterocycles. The molecule has 0 unspecified atom stereocenters. The van der Waals surface area contributed by atoms with E-state index in [0.29, 0.717) is 5.75 Å². The molecular formula is C16H15BrFNO6S. The third-order valence-electron chi connectivity index (χ3n) is 3.38. The number of benzene rings is 2. The van der Waals surface area contributed by atoms with Gasteiger partial charge in [-0.1, -0.05) is 0 Å². The molecule has 0 aliphatic rings. The Morgan fingerprint density at radius 1 is 1.04 bits per heavy atom. The lowest BCUT2D eigenvalue weighted by Gasteiger charge is -2.13. The molecule has 0 heterocycles. The molecule has 0 bridgehead atoms. The van der Waals surface area contributed by atoms with Gasteiger partial charge in [-0.15, -0.1) is 0 Å². The summed E-state index contributed by atoms with van der Waals surface area (Å²) in [5.74, 6) is -1.38. The maximum absolute atomic E-state index is 14.0. The second-order valence-corrected chi connectivity index (χ2v) is 7.42. The highest BCUT2D eigenvalue weighted by molar-refractivity contribution is 9.10. The molecule has 0 saturated carbocycles. The third-order valence-corrected chi connectivity index (χ3v) is 5.66. The van der Waals surface area contributed by atoms with Gasteiger partial charge in [0.2, 0.25) is 0 Å². The third kappa shape index (κ3) is 4.07. The number of carbonyl (C=O) groups excluding carboxylic acids is 1. The molecule has 0 radical (unpaired) electrons. The van der Waals surface area contributed by atoms with Crippen LogP contribution in [-0.2, 0) is 10.0 Å². The summed E-state index contributed by atoms with van der Waals surface area (Å²) in [5.41, 5.74) is -0.439. The lowest BCUT2D eigenvalue weighted by molar-refractivity contribution is 0.0977. The molecule has 0 saturated heterocycles. The van der Waals surface area contributed by atoms with Gasteiger partial charge in [0.1, 0.15) is 16.5 Å². The van der Waals surface area contributed by atoms with Crippen LogP contribution >= 0.6 is 15.9 Å². The van der Waals surface area contributed by atoms with Crippen LogP contribution in [0.1, 0.15) is 10.4 Å². The zero-order valence-electron chi connectivity index (χ0n) is 14.0. The second kappa shape index (κ2) is 7.92. The summed E-state index contributed by atoms with van der Waals surface area (Å²) < 4.78 is 56.0. The van der Waals surface area contributed by atoms with Gasteiger partial charge in [-0.05, 0) is 34.1 Å². The number of hydrogen-bond acceptors (Lipinski definition) is 6. The van der Waals surface area contributed by atoms with E-state index in [9.17, 15) is 17.6 Å². The van der Waals surface area contributed by atoms with Gasteiger partial charge in [-0.25, -0.2) is 17.5 Å². The number of halogens is 2. The van der Waals surface area contributed by atoms with Gasteiger partial charge in [0.15, 0.2) is 11.5 Å². The van der Waals surface area contributed by atoms with Gasteiger partial charge in [-0.2, -0.15) is 0 Å². The lowest BCUT2D eigenvalue weighted by atomic mass is 10.2. The molecule has 2 aromatic carbocycles. The van der Waals surface area contributed by atoms with Crippen molar-refractivity contribution in [1.29, 1.82) is 0 Å². The van der Waals surface area contributed by atoms with Crippen molar-refractivity contribution < 1.29 is 31.8 Å². The van der Waals surface area contributed by atoms with E-state index >= 15 is 0 Å². The predicted molar refractivity (Wildman–Crippen MR) is 94.9 cm³/mol. The number of rotatable bonds is 6. The average Bonchev–Trinajstić information content (AvgIpc) is 2.60. The first-order valence-electron chi connectivity index (χ1n) is 7.05. The number of amides is 1. The first-order chi connectivity index (χ1) is 12.2. The highest BCUT2D eigenvalue weighted by Crippen LogP contribution is 2.35. The van der Waals surface area contributed by atoms with Gasteiger partial charge in [-0.3, -0.25) is 4.79 Å². The number of hydrogen-bond donors (Lipinski definition) is 1. The molecule has 7 nitrogen and oxygen atoms in total. The van der Waals surface area contributed by atoms with Crippen LogP contribution in [0.4, 0.5) is 4.39 Å². The van der Waals surface area contributed by atoms with Crippen LogP contribution in [-0.4, -0.2) is 35.7 Å². The van der Waals surface area contributed by atoms with E-state index in [1.165, 1.54) is 39.5 Å². The minimum Gasteiger partial charge on any atom is -0.497 e. The van der Waals surface area contributed by atoms with Gasteiger partial charge in [0, 0.05) is 16.6 Å². The van der Waals surface area contributed by atoms with E-state index in [1.54, 1.807) is 0 Å². The van der Waals surface area contributed by atoms with Gasteiger partial charge in [0.25, 0.3) is 15.9 Å². The van der Waals surface area contributed by atoms with Crippen LogP contribution in [0.25, 0.3) is 0 Å². The molecule has 10 heteroatoms. The largest absolute Gasteiger partial charge is 0.497 e. The zero-order valence-corrected chi connectivity index (χ0v) is 16.4. The Kier molecular flexibility index (Phi) is 6.09. The average molecular weight is 448 g/mol. The minimum absolute atomic E-state index is 0.144. The summed E-state index contributed by atoms with van der Waals surface area (Å²) >= 11 is 3.11. The highest BCUT2D eigenvalue weighted by Gasteiger charge is 2.25. The Hall–Kier alpha value is -2.33. The van der Waals surface area contributed by atoms with Crippen molar-refractivity contribution in [2.75, 3.05) is 21.3 Å². The van der Waals surface area contributed by atoms with Crippen molar-refractivity contribution in [1.82, 2.24) is 4.72 Å². The monoisotopic (exact) mass is 447 g/mol. The van der Waals surface area contributed by atoms with Crippen LogP contribution in [0.3, 0.4) is 0 Å². The fourth-order valence-corrected chi connectivity index (χ4v) is 4.08. The van der Waals surface area contributed by atoms with Crippen molar-refractivity contribution in [2.45, 2.75) is 4.90 Å². The van der Waals surface area contributed by atoms with Crippen LogP contribution < -0.4 is 18.9 Å². The Morgan fingerprint density at radius 3 is 2.19 bits per heavy atom. The molecule has 26 heavy (non-hydrogen) atoms. The number of ether oxygens (including phenoxy) is 3. The molecule has 0 fully saturated rings. The summed E-state index contributed by atoms with van der Waals surface area (Å²) in [6.07, 6.45) is 0. The summed E-state index contributed by atoms with van der Waals surface area (Å²) in [6, 6.07) is 6.02. The second-order valence-electron chi connectivity index (χ2n) is 4.92. The molecule has 2 aromatic rings. The number of nitrogens with one attached hydrogen (secondary N) is 1. The Bertz CT molecular complexity index is 948. The minimum atomic E-state index is -4.31. The molecule has 0 aromatic heterocycles. The fraction of sp³-hybridized carbons (Fsp3) is 0.188. The van der Waals surface area contributed by atoms with Crippen molar-refractivity contribution in [2.24, 2.45) is 0 Å². The maximum atomic E-state index is 14.0. The molecule has 140 valence electrons. The van der Waals surface area contributed by atoms with Crippen molar-refractivity contribution in [3.8, 4) is 17.2 Å². The summed E-state index contributed by atoms with van der Waals surface area (Å²) in [4.78, 5) is 11.9. The maximum Gasteiger partial charge on any atom is 0.267 e. The number of methoxy groups -OCH3 is 3. The lowest BCUT2D eigenvalue weighted by Crippen LogP contribution is -2.31. The van der Waals surface area contributed by atoms with Gasteiger partial charge in [0.05, 0.1) is 26.9 Å². The van der Waals surface area contributed by atoms with E-state index in [-0.39, 0.29) is 20.9 Å². The fourth-order valence-electron chi connectivity index (χ4n) is 2.08. The molecule has 0 aliphatic carbocycles. The Labute approximate surface area is 158 Å². The highest BCUT2D eigenvalue weighted by atomic mass is 79.9. The molecule has 0 spiro atoms. The SMILES string of the molecule is COc1ccc(C(=O)NS(=O)(=O)c2cc(OC)c(OC)cc2Br)c(F)c1. The Balaban J connectivity index is 2.38. The number of sulfonamides is 1. The predicted octanol–water partition coefficient (Wildman–Crippen LogP) is 2.73. The van der Waals surface area contributed by atoms with Gasteiger partial charge < -0.3 is 14.2 Å². The Morgan fingerprint density at radius 2 is 1.65 bits per heavy atom. The van der Waals surface area contributed by atoms with E-state index in [1.807, 2.05) is 4.72 Å². The van der Waals surface area contributed by atoms with Crippen LogP contribution in [0, 0.1) is 5.82 Å². The molecule has 1 amide bonds. The first kappa shape index (κ1) is 20.0. The molecular weight excluding hydrogens is 433 g/mol. The summed E-state index contributed by atoms with van der Waals surface area (Å²) in [5, 5.41) is 0. The molecule has 0 atom stereocenters. The van der Waals surface area contributed by atoms with Crippen molar-refractivity contribution >= 4 is 31.9 Å². The van der Waals surface area contributed by atoms with Crippen molar-refractivity contribution in [3.05, 3.63) is 46.2 Å².